The molecule has 106 valence electrons. The lowest BCUT2D eigenvalue weighted by molar-refractivity contribution is 0.0963. The van der Waals surface area contributed by atoms with Gasteiger partial charge in [0.15, 0.2) is 22.9 Å². The Kier molecular flexibility index (Phi) is 3.40. The van der Waals surface area contributed by atoms with E-state index in [1.807, 2.05) is 13.8 Å². The number of hydrogen-bond donors (Lipinski definition) is 0. The van der Waals surface area contributed by atoms with Crippen molar-refractivity contribution in [2.75, 3.05) is 31.2 Å². The predicted octanol–water partition coefficient (Wildman–Crippen LogP) is 1.96. The quantitative estimate of drug-likeness (QED) is 0.798. The smallest absolute Gasteiger partial charge is 0.197 e. The van der Waals surface area contributed by atoms with Gasteiger partial charge in [0, 0.05) is 25.6 Å². The van der Waals surface area contributed by atoms with E-state index in [9.17, 15) is 4.79 Å². The van der Waals surface area contributed by atoms with E-state index in [4.69, 9.17) is 9.15 Å². The van der Waals surface area contributed by atoms with Gasteiger partial charge in [0.05, 0.1) is 13.2 Å². The van der Waals surface area contributed by atoms with Crippen LogP contribution in [0.3, 0.4) is 0 Å². The molecule has 6 nitrogen and oxygen atoms in total. The van der Waals surface area contributed by atoms with Crippen molar-refractivity contribution in [3.8, 4) is 0 Å². The number of aryl methyl sites for hydroxylation is 1. The number of ether oxygens (including phenoxy) is 1. The topological polar surface area (TPSA) is 68.5 Å². The number of carbonyl (C=O) groups is 1. The molecule has 1 fully saturated rings. The molecule has 0 N–H and O–H groups in total. The Hall–Kier alpha value is -1.95. The molecular formula is C14H17N3O3. The SMILES string of the molecule is CCC(=O)c1cc2nc(C)nc(N3CCOCC3)c2o1. The summed E-state index contributed by atoms with van der Waals surface area (Å²) in [5.41, 5.74) is 1.28. The highest BCUT2D eigenvalue weighted by Crippen LogP contribution is 2.28. The Morgan fingerprint density at radius 1 is 1.35 bits per heavy atom. The highest BCUT2D eigenvalue weighted by atomic mass is 16.5. The minimum Gasteiger partial charge on any atom is -0.447 e. The minimum absolute atomic E-state index is 0.0198. The number of nitrogens with zero attached hydrogens (tertiary/aromatic N) is 3. The van der Waals surface area contributed by atoms with Gasteiger partial charge in [-0.1, -0.05) is 6.92 Å². The number of morpholine rings is 1. The van der Waals surface area contributed by atoms with Crippen LogP contribution in [-0.4, -0.2) is 42.1 Å². The van der Waals surface area contributed by atoms with E-state index >= 15 is 0 Å². The van der Waals surface area contributed by atoms with Crippen LogP contribution < -0.4 is 4.90 Å². The van der Waals surface area contributed by atoms with Gasteiger partial charge < -0.3 is 14.1 Å². The maximum atomic E-state index is 11.8. The summed E-state index contributed by atoms with van der Waals surface area (Å²) < 4.78 is 11.1. The Balaban J connectivity index is 2.10. The molecule has 0 unspecified atom stereocenters. The molecule has 0 amide bonds. The van der Waals surface area contributed by atoms with Crippen LogP contribution in [0.2, 0.25) is 0 Å². The monoisotopic (exact) mass is 275 g/mol. The van der Waals surface area contributed by atoms with E-state index in [0.29, 0.717) is 42.3 Å². The van der Waals surface area contributed by atoms with Crippen molar-refractivity contribution < 1.29 is 13.9 Å². The molecule has 2 aromatic heterocycles. The summed E-state index contributed by atoms with van der Waals surface area (Å²) in [5.74, 6) is 1.77. The zero-order valence-electron chi connectivity index (χ0n) is 11.7. The standard InChI is InChI=1S/C14H17N3O3/c1-3-11(18)12-8-10-13(20-12)14(16-9(2)15-10)17-4-6-19-7-5-17/h8H,3-7H2,1-2H3. The van der Waals surface area contributed by atoms with Gasteiger partial charge in [0.1, 0.15) is 11.3 Å². The van der Waals surface area contributed by atoms with Crippen molar-refractivity contribution in [1.82, 2.24) is 9.97 Å². The molecule has 0 bridgehead atoms. The first-order valence-electron chi connectivity index (χ1n) is 6.83. The average Bonchev–Trinajstić information content (AvgIpc) is 2.90. The number of fused-ring (bicyclic) bond motifs is 1. The van der Waals surface area contributed by atoms with Gasteiger partial charge in [-0.05, 0) is 6.92 Å². The third kappa shape index (κ3) is 2.27. The third-order valence-electron chi connectivity index (χ3n) is 3.37. The fourth-order valence-corrected chi connectivity index (χ4v) is 2.33. The van der Waals surface area contributed by atoms with Gasteiger partial charge in [-0.2, -0.15) is 0 Å². The summed E-state index contributed by atoms with van der Waals surface area (Å²) >= 11 is 0. The van der Waals surface area contributed by atoms with E-state index in [0.717, 1.165) is 18.9 Å². The van der Waals surface area contributed by atoms with E-state index < -0.39 is 0 Å². The van der Waals surface area contributed by atoms with Crippen molar-refractivity contribution in [2.45, 2.75) is 20.3 Å². The van der Waals surface area contributed by atoms with Crippen LogP contribution in [0.4, 0.5) is 5.82 Å². The molecule has 1 aliphatic rings. The van der Waals surface area contributed by atoms with Crippen molar-refractivity contribution >= 4 is 22.7 Å². The summed E-state index contributed by atoms with van der Waals surface area (Å²) in [5, 5.41) is 0. The van der Waals surface area contributed by atoms with Gasteiger partial charge in [0.25, 0.3) is 0 Å². The second kappa shape index (κ2) is 5.20. The van der Waals surface area contributed by atoms with E-state index in [2.05, 4.69) is 14.9 Å². The lowest BCUT2D eigenvalue weighted by atomic mass is 10.2. The molecule has 0 aliphatic carbocycles. The van der Waals surface area contributed by atoms with Crippen molar-refractivity contribution in [3.63, 3.8) is 0 Å². The Bertz CT molecular complexity index is 644. The molecule has 2 aromatic rings. The second-order valence-corrected chi connectivity index (χ2v) is 4.80. The first kappa shape index (κ1) is 13.1. The number of hydrogen-bond acceptors (Lipinski definition) is 6. The summed E-state index contributed by atoms with van der Waals surface area (Å²) in [6.07, 6.45) is 0.416. The number of ketones is 1. The fraction of sp³-hybridized carbons (Fsp3) is 0.500. The molecule has 3 heterocycles. The number of rotatable bonds is 3. The van der Waals surface area contributed by atoms with Gasteiger partial charge in [0.2, 0.25) is 0 Å². The molecule has 0 saturated carbocycles. The zero-order chi connectivity index (χ0) is 14.1. The number of Topliss-reactive ketones (excluding diaryl/α,β-unsaturated/α-hetero) is 1. The van der Waals surface area contributed by atoms with Crippen LogP contribution in [0.5, 0.6) is 0 Å². The number of aromatic nitrogens is 2. The zero-order valence-corrected chi connectivity index (χ0v) is 11.7. The first-order valence-corrected chi connectivity index (χ1v) is 6.83. The molecule has 1 aliphatic heterocycles. The van der Waals surface area contributed by atoms with E-state index in [-0.39, 0.29) is 5.78 Å². The first-order chi connectivity index (χ1) is 9.69. The highest BCUT2D eigenvalue weighted by molar-refractivity contribution is 5.98. The van der Waals surface area contributed by atoms with Crippen molar-refractivity contribution in [3.05, 3.63) is 17.7 Å². The molecule has 0 radical (unpaired) electrons. The molecular weight excluding hydrogens is 258 g/mol. The maximum Gasteiger partial charge on any atom is 0.197 e. The van der Waals surface area contributed by atoms with Crippen LogP contribution in [0.15, 0.2) is 10.5 Å². The molecule has 3 rings (SSSR count). The maximum absolute atomic E-state index is 11.8. The second-order valence-electron chi connectivity index (χ2n) is 4.80. The van der Waals surface area contributed by atoms with Crippen molar-refractivity contribution in [1.29, 1.82) is 0 Å². The van der Waals surface area contributed by atoms with Gasteiger partial charge >= 0.3 is 0 Å². The predicted molar refractivity (Wildman–Crippen MR) is 74.2 cm³/mol. The Morgan fingerprint density at radius 2 is 2.10 bits per heavy atom. The van der Waals surface area contributed by atoms with E-state index in [1.165, 1.54) is 0 Å². The van der Waals surface area contributed by atoms with Crippen molar-refractivity contribution in [2.24, 2.45) is 0 Å². The van der Waals surface area contributed by atoms with Crippen LogP contribution in [0.1, 0.15) is 29.7 Å². The summed E-state index contributed by atoms with van der Waals surface area (Å²) in [6, 6.07) is 1.71. The summed E-state index contributed by atoms with van der Waals surface area (Å²) in [7, 11) is 0. The van der Waals surface area contributed by atoms with Gasteiger partial charge in [-0.3, -0.25) is 4.79 Å². The average molecular weight is 275 g/mol. The van der Waals surface area contributed by atoms with Gasteiger partial charge in [-0.15, -0.1) is 0 Å². The number of carbonyl (C=O) groups excluding carboxylic acids is 1. The molecule has 20 heavy (non-hydrogen) atoms. The van der Waals surface area contributed by atoms with Crippen LogP contribution in [0, 0.1) is 6.92 Å². The Morgan fingerprint density at radius 3 is 2.80 bits per heavy atom. The molecule has 6 heteroatoms. The summed E-state index contributed by atoms with van der Waals surface area (Å²) in [6.45, 7) is 6.54. The number of furan rings is 1. The minimum atomic E-state index is -0.0198. The fourth-order valence-electron chi connectivity index (χ4n) is 2.33. The largest absolute Gasteiger partial charge is 0.447 e. The number of anilines is 1. The lowest BCUT2D eigenvalue weighted by Gasteiger charge is -2.27. The summed E-state index contributed by atoms with van der Waals surface area (Å²) in [4.78, 5) is 22.7. The van der Waals surface area contributed by atoms with Gasteiger partial charge in [-0.25, -0.2) is 9.97 Å². The van der Waals surface area contributed by atoms with E-state index in [1.54, 1.807) is 6.07 Å². The lowest BCUT2D eigenvalue weighted by Crippen LogP contribution is -2.37. The Labute approximate surface area is 116 Å². The molecule has 1 saturated heterocycles. The van der Waals surface area contributed by atoms with Crippen LogP contribution >= 0.6 is 0 Å². The van der Waals surface area contributed by atoms with Crippen LogP contribution in [0.25, 0.3) is 11.1 Å². The third-order valence-corrected chi connectivity index (χ3v) is 3.37. The molecule has 0 atom stereocenters. The highest BCUT2D eigenvalue weighted by Gasteiger charge is 2.21. The van der Waals surface area contributed by atoms with Crippen LogP contribution in [-0.2, 0) is 4.74 Å². The molecule has 0 spiro atoms. The normalized spacial score (nSPS) is 15.8. The molecule has 0 aromatic carbocycles.